The van der Waals surface area contributed by atoms with Gasteiger partial charge in [0.05, 0.1) is 4.88 Å². The molecule has 1 heterocycles. The minimum absolute atomic E-state index is 0.324. The van der Waals surface area contributed by atoms with Gasteiger partial charge in [0, 0.05) is 17.8 Å². The Morgan fingerprint density at radius 3 is 2.50 bits per heavy atom. The van der Waals surface area contributed by atoms with Gasteiger partial charge in [-0.1, -0.05) is 26.0 Å². The van der Waals surface area contributed by atoms with E-state index < -0.39 is 0 Å². The molecule has 0 N–H and O–H groups in total. The van der Waals surface area contributed by atoms with Crippen LogP contribution in [-0.4, -0.2) is 37.9 Å². The van der Waals surface area contributed by atoms with Crippen molar-refractivity contribution in [3.63, 3.8) is 0 Å². The number of ether oxygens (including phenoxy) is 1. The summed E-state index contributed by atoms with van der Waals surface area (Å²) in [6.45, 7) is 12.8. The number of aryl methyl sites for hydroxylation is 4. The predicted octanol–water partition coefficient (Wildman–Crippen LogP) is 5.72. The normalized spacial score (nSPS) is 20.9. The number of fused-ring (bicyclic) bond motifs is 3. The first kappa shape index (κ1) is 21.6. The van der Waals surface area contributed by atoms with Crippen LogP contribution >= 0.6 is 11.3 Å². The number of benzene rings is 1. The van der Waals surface area contributed by atoms with Crippen molar-refractivity contribution in [3.8, 4) is 5.75 Å². The topological polar surface area (TPSA) is 29.5 Å². The maximum atomic E-state index is 13.1. The number of carbonyl (C=O) groups is 1. The van der Waals surface area contributed by atoms with Crippen LogP contribution in [0.3, 0.4) is 0 Å². The fourth-order valence-electron chi connectivity index (χ4n) is 5.47. The molecule has 0 spiro atoms. The van der Waals surface area contributed by atoms with Crippen LogP contribution in [0, 0.1) is 32.1 Å². The molecule has 2 aliphatic carbocycles. The van der Waals surface area contributed by atoms with Gasteiger partial charge in [-0.2, -0.15) is 0 Å². The van der Waals surface area contributed by atoms with Crippen LogP contribution in [0.4, 0.5) is 0 Å². The Morgan fingerprint density at radius 1 is 1.20 bits per heavy atom. The highest BCUT2D eigenvalue weighted by molar-refractivity contribution is 7.14. The van der Waals surface area contributed by atoms with E-state index in [0.29, 0.717) is 30.1 Å². The molecule has 2 aromatic rings. The Balaban J connectivity index is 1.42. The number of Topliss-reactive ketones (excluding diaryl/α,β-unsaturated/α-hetero) is 1. The first-order valence-electron chi connectivity index (χ1n) is 11.1. The Kier molecular flexibility index (Phi) is 5.61. The molecule has 0 saturated heterocycles. The second-order valence-electron chi connectivity index (χ2n) is 10.1. The molecule has 162 valence electrons. The lowest BCUT2D eigenvalue weighted by molar-refractivity contribution is 0.0985. The largest absolute Gasteiger partial charge is 0.492 e. The van der Waals surface area contributed by atoms with Gasteiger partial charge >= 0.3 is 0 Å². The average Bonchev–Trinajstić information content (AvgIpc) is 3.00. The Morgan fingerprint density at radius 2 is 1.87 bits per heavy atom. The summed E-state index contributed by atoms with van der Waals surface area (Å²) in [4.78, 5) is 17.6. The third-order valence-corrected chi connectivity index (χ3v) is 8.42. The van der Waals surface area contributed by atoms with Crippen LogP contribution in [-0.2, 0) is 12.8 Å². The Hall–Kier alpha value is -1.65. The molecule has 1 aromatic heterocycles. The summed E-state index contributed by atoms with van der Waals surface area (Å²) in [5, 5.41) is 0. The molecule has 1 saturated carbocycles. The van der Waals surface area contributed by atoms with Crippen LogP contribution in [0.2, 0.25) is 0 Å². The lowest BCUT2D eigenvalue weighted by atomic mass is 9.93. The maximum absolute atomic E-state index is 13.1. The summed E-state index contributed by atoms with van der Waals surface area (Å²) in [6.07, 6.45) is 2.49. The first-order valence-corrected chi connectivity index (χ1v) is 12.0. The molecular weight excluding hydrogens is 390 g/mol. The molecule has 1 fully saturated rings. The molecule has 2 atom stereocenters. The van der Waals surface area contributed by atoms with Crippen molar-refractivity contribution in [2.45, 2.75) is 59.8 Å². The molecular formula is C26H35NO2S. The zero-order valence-electron chi connectivity index (χ0n) is 19.5. The van der Waals surface area contributed by atoms with E-state index in [4.69, 9.17) is 4.74 Å². The van der Waals surface area contributed by atoms with Crippen LogP contribution in [0.25, 0.3) is 0 Å². The molecule has 2 aliphatic rings. The van der Waals surface area contributed by atoms with Crippen molar-refractivity contribution in [1.29, 1.82) is 0 Å². The van der Waals surface area contributed by atoms with Crippen molar-refractivity contribution in [2.24, 2.45) is 11.3 Å². The van der Waals surface area contributed by atoms with E-state index in [1.54, 1.807) is 11.3 Å². The van der Waals surface area contributed by atoms with Gasteiger partial charge in [0.25, 0.3) is 0 Å². The molecule has 0 bridgehead atoms. The third-order valence-electron chi connectivity index (χ3n) is 7.22. The van der Waals surface area contributed by atoms with Gasteiger partial charge in [-0.05, 0) is 92.8 Å². The van der Waals surface area contributed by atoms with Gasteiger partial charge in [-0.3, -0.25) is 4.79 Å². The van der Waals surface area contributed by atoms with Gasteiger partial charge in [-0.15, -0.1) is 11.3 Å². The Bertz CT molecular complexity index is 962. The molecule has 4 heteroatoms. The predicted molar refractivity (Wildman–Crippen MR) is 125 cm³/mol. The fraction of sp³-hybridized carbons (Fsp3) is 0.577. The highest BCUT2D eigenvalue weighted by Gasteiger charge is 2.63. The zero-order chi connectivity index (χ0) is 21.8. The number of rotatable bonds is 8. The van der Waals surface area contributed by atoms with Gasteiger partial charge in [-0.25, -0.2) is 0 Å². The number of thiophene rings is 1. The van der Waals surface area contributed by atoms with E-state index in [9.17, 15) is 4.79 Å². The molecule has 3 nitrogen and oxygen atoms in total. The fourth-order valence-corrected chi connectivity index (χ4v) is 6.67. The number of nitrogens with zero attached hydrogens (tertiary/aromatic N) is 1. The van der Waals surface area contributed by atoms with Crippen molar-refractivity contribution in [2.75, 3.05) is 27.2 Å². The van der Waals surface area contributed by atoms with Crippen LogP contribution < -0.4 is 4.74 Å². The standard InChI is InChI=1S/C26H35NO2S/c1-15-12-18(13-16(2)24(15)29-11-10-27(6)7)8-9-21(28)25-19-14-20-23(26(20,4)5)22(19)17(3)30-25/h12-13,20,23H,8-11,14H2,1-7H3/t20-,23-/m1/s1. The van der Waals surface area contributed by atoms with Crippen molar-refractivity contribution >= 4 is 17.1 Å². The van der Waals surface area contributed by atoms with Gasteiger partial charge in [0.1, 0.15) is 12.4 Å². The molecule has 0 amide bonds. The quantitative estimate of drug-likeness (QED) is 0.506. The van der Waals surface area contributed by atoms with E-state index in [0.717, 1.165) is 47.1 Å². The van der Waals surface area contributed by atoms with E-state index >= 15 is 0 Å². The Labute approximate surface area is 185 Å². The minimum atomic E-state index is 0.324. The molecule has 1 aromatic carbocycles. The molecule has 0 unspecified atom stereocenters. The second kappa shape index (κ2) is 7.80. The second-order valence-corrected chi connectivity index (χ2v) is 11.3. The first-order chi connectivity index (χ1) is 14.1. The number of likely N-dealkylation sites (N-methyl/N-ethyl adjacent to an activating group) is 1. The van der Waals surface area contributed by atoms with Crippen molar-refractivity contribution < 1.29 is 9.53 Å². The zero-order valence-corrected chi connectivity index (χ0v) is 20.3. The highest BCUT2D eigenvalue weighted by Crippen LogP contribution is 2.71. The monoisotopic (exact) mass is 425 g/mol. The van der Waals surface area contributed by atoms with Gasteiger partial charge in [0.2, 0.25) is 0 Å². The van der Waals surface area contributed by atoms with E-state index in [1.165, 1.54) is 21.6 Å². The smallest absolute Gasteiger partial charge is 0.173 e. The molecule has 30 heavy (non-hydrogen) atoms. The molecule has 0 radical (unpaired) electrons. The highest BCUT2D eigenvalue weighted by atomic mass is 32.1. The maximum Gasteiger partial charge on any atom is 0.173 e. The SMILES string of the molecule is Cc1cc(CCC(=O)c2sc(C)c3c2C[C@@H]2[C@H]3C2(C)C)cc(C)c1OCCN(C)C. The lowest BCUT2D eigenvalue weighted by Gasteiger charge is -2.16. The summed E-state index contributed by atoms with van der Waals surface area (Å²) in [5.41, 5.74) is 6.88. The van der Waals surface area contributed by atoms with Crippen LogP contribution in [0.15, 0.2) is 12.1 Å². The number of carbonyl (C=O) groups excluding carboxylic acids is 1. The summed E-state index contributed by atoms with van der Waals surface area (Å²) in [6, 6.07) is 4.38. The summed E-state index contributed by atoms with van der Waals surface area (Å²) < 4.78 is 6.01. The van der Waals surface area contributed by atoms with E-state index in [2.05, 4.69) is 65.7 Å². The van der Waals surface area contributed by atoms with Gasteiger partial charge < -0.3 is 9.64 Å². The van der Waals surface area contributed by atoms with E-state index in [-0.39, 0.29) is 0 Å². The number of hydrogen-bond donors (Lipinski definition) is 0. The summed E-state index contributed by atoms with van der Waals surface area (Å²) >= 11 is 1.74. The van der Waals surface area contributed by atoms with Crippen LogP contribution in [0.1, 0.15) is 68.6 Å². The van der Waals surface area contributed by atoms with Crippen molar-refractivity contribution in [3.05, 3.63) is 49.7 Å². The third kappa shape index (κ3) is 3.73. The lowest BCUT2D eigenvalue weighted by Crippen LogP contribution is -2.20. The van der Waals surface area contributed by atoms with Gasteiger partial charge in [0.15, 0.2) is 5.78 Å². The van der Waals surface area contributed by atoms with Crippen molar-refractivity contribution in [1.82, 2.24) is 4.90 Å². The summed E-state index contributed by atoms with van der Waals surface area (Å²) in [5.74, 6) is 2.76. The number of ketones is 1. The van der Waals surface area contributed by atoms with E-state index in [1.807, 2.05) is 0 Å². The minimum Gasteiger partial charge on any atom is -0.492 e. The average molecular weight is 426 g/mol. The van der Waals surface area contributed by atoms with Crippen LogP contribution in [0.5, 0.6) is 5.75 Å². The molecule has 0 aliphatic heterocycles. The molecule has 4 rings (SSSR count). The number of hydrogen-bond acceptors (Lipinski definition) is 4. The summed E-state index contributed by atoms with van der Waals surface area (Å²) in [7, 11) is 4.11.